The highest BCUT2D eigenvalue weighted by Crippen LogP contribution is 2.46. The summed E-state index contributed by atoms with van der Waals surface area (Å²) in [7, 11) is 0. The van der Waals surface area contributed by atoms with Crippen LogP contribution in [0.1, 0.15) is 30.4 Å². The van der Waals surface area contributed by atoms with Crippen molar-refractivity contribution in [1.29, 1.82) is 0 Å². The van der Waals surface area contributed by atoms with Gasteiger partial charge in [0.1, 0.15) is 11.6 Å². The third kappa shape index (κ3) is 1.56. The van der Waals surface area contributed by atoms with Crippen molar-refractivity contribution < 1.29 is 9.50 Å². The third-order valence-electron chi connectivity index (χ3n) is 3.19. The molecule has 82 valence electrons. The molecular formula is C11H13BrFNO. The van der Waals surface area contributed by atoms with Gasteiger partial charge in [0, 0.05) is 11.1 Å². The molecule has 0 unspecified atom stereocenters. The Kier molecular flexibility index (Phi) is 2.51. The Labute approximate surface area is 96.4 Å². The predicted octanol–water partition coefficient (Wildman–Crippen LogP) is 2.94. The second kappa shape index (κ2) is 3.46. The van der Waals surface area contributed by atoms with Crippen molar-refractivity contribution in [2.75, 3.05) is 0 Å². The van der Waals surface area contributed by atoms with E-state index >= 15 is 0 Å². The first-order valence-electron chi connectivity index (χ1n) is 4.92. The molecule has 0 aromatic heterocycles. The van der Waals surface area contributed by atoms with E-state index < -0.39 is 5.54 Å². The van der Waals surface area contributed by atoms with Crippen LogP contribution in [0.25, 0.3) is 0 Å². The highest BCUT2D eigenvalue weighted by Gasteiger charge is 2.39. The van der Waals surface area contributed by atoms with E-state index in [2.05, 4.69) is 15.9 Å². The highest BCUT2D eigenvalue weighted by molar-refractivity contribution is 9.10. The van der Waals surface area contributed by atoms with Crippen molar-refractivity contribution >= 4 is 15.9 Å². The van der Waals surface area contributed by atoms with Gasteiger partial charge in [0.25, 0.3) is 0 Å². The molecule has 0 bridgehead atoms. The topological polar surface area (TPSA) is 46.2 Å². The second-order valence-electron chi connectivity index (χ2n) is 4.20. The van der Waals surface area contributed by atoms with Crippen molar-refractivity contribution in [3.63, 3.8) is 0 Å². The molecule has 4 heteroatoms. The summed E-state index contributed by atoms with van der Waals surface area (Å²) in [6.45, 7) is 1.66. The summed E-state index contributed by atoms with van der Waals surface area (Å²) >= 11 is 3.13. The highest BCUT2D eigenvalue weighted by atomic mass is 79.9. The lowest BCUT2D eigenvalue weighted by molar-refractivity contribution is 0.242. The lowest BCUT2D eigenvalue weighted by atomic mass is 9.71. The molecule has 2 rings (SSSR count). The Morgan fingerprint density at radius 2 is 2.13 bits per heavy atom. The fourth-order valence-corrected chi connectivity index (χ4v) is 2.52. The van der Waals surface area contributed by atoms with Crippen LogP contribution < -0.4 is 5.73 Å². The average Bonchev–Trinajstić information content (AvgIpc) is 2.12. The van der Waals surface area contributed by atoms with E-state index in [9.17, 15) is 9.50 Å². The van der Waals surface area contributed by atoms with E-state index in [1.807, 2.05) is 0 Å². The summed E-state index contributed by atoms with van der Waals surface area (Å²) in [4.78, 5) is 0. The fourth-order valence-electron chi connectivity index (χ4n) is 2.12. The third-order valence-corrected chi connectivity index (χ3v) is 3.80. The van der Waals surface area contributed by atoms with Crippen LogP contribution in [-0.4, -0.2) is 5.11 Å². The van der Waals surface area contributed by atoms with Crippen molar-refractivity contribution in [3.05, 3.63) is 27.5 Å². The summed E-state index contributed by atoms with van der Waals surface area (Å²) in [5.41, 5.74) is 6.59. The molecule has 0 heterocycles. The minimum atomic E-state index is -0.543. The lowest BCUT2D eigenvalue weighted by Crippen LogP contribution is -2.44. The van der Waals surface area contributed by atoms with Gasteiger partial charge in [0.05, 0.1) is 4.47 Å². The maximum absolute atomic E-state index is 13.5. The molecule has 0 amide bonds. The fraction of sp³-hybridized carbons (Fsp3) is 0.455. The van der Waals surface area contributed by atoms with Crippen LogP contribution in [0.3, 0.4) is 0 Å². The van der Waals surface area contributed by atoms with Gasteiger partial charge in [0.2, 0.25) is 0 Å². The van der Waals surface area contributed by atoms with Gasteiger partial charge in [-0.2, -0.15) is 0 Å². The van der Waals surface area contributed by atoms with Crippen LogP contribution >= 0.6 is 15.9 Å². The molecular weight excluding hydrogens is 261 g/mol. The molecule has 0 spiro atoms. The summed E-state index contributed by atoms with van der Waals surface area (Å²) in [6.07, 6.45) is 2.64. The monoisotopic (exact) mass is 273 g/mol. The second-order valence-corrected chi connectivity index (χ2v) is 5.05. The number of rotatable bonds is 1. The van der Waals surface area contributed by atoms with Gasteiger partial charge in [-0.05, 0) is 53.7 Å². The van der Waals surface area contributed by atoms with Crippen LogP contribution in [0.2, 0.25) is 0 Å². The van der Waals surface area contributed by atoms with Gasteiger partial charge >= 0.3 is 0 Å². The van der Waals surface area contributed by atoms with Crippen LogP contribution in [0.5, 0.6) is 5.75 Å². The quantitative estimate of drug-likeness (QED) is 0.827. The van der Waals surface area contributed by atoms with Crippen LogP contribution in [0, 0.1) is 12.7 Å². The molecule has 1 saturated carbocycles. The average molecular weight is 274 g/mol. The van der Waals surface area contributed by atoms with Crippen molar-refractivity contribution in [3.8, 4) is 5.75 Å². The first kappa shape index (κ1) is 10.9. The summed E-state index contributed by atoms with van der Waals surface area (Å²) in [6, 6.07) is 1.27. The lowest BCUT2D eigenvalue weighted by Gasteiger charge is -2.40. The van der Waals surface area contributed by atoms with E-state index in [4.69, 9.17) is 5.73 Å². The first-order chi connectivity index (χ1) is 6.96. The van der Waals surface area contributed by atoms with E-state index in [1.54, 1.807) is 6.92 Å². The number of halogens is 2. The minimum absolute atomic E-state index is 0.0797. The number of aromatic hydroxyl groups is 1. The van der Waals surface area contributed by atoms with Gasteiger partial charge in [-0.25, -0.2) is 4.39 Å². The molecule has 1 aliphatic carbocycles. The molecule has 0 radical (unpaired) electrons. The standard InChI is InChI=1S/C11H13BrFNO/c1-6-8(13)5-7(12)10(15)9(6)11(14)3-2-4-11/h5,15H,2-4,14H2,1H3. The minimum Gasteiger partial charge on any atom is -0.506 e. The molecule has 3 N–H and O–H groups in total. The van der Waals surface area contributed by atoms with E-state index in [0.717, 1.165) is 19.3 Å². The number of phenolic OH excluding ortho intramolecular Hbond substituents is 1. The van der Waals surface area contributed by atoms with Crippen LogP contribution in [0.15, 0.2) is 10.5 Å². The van der Waals surface area contributed by atoms with Crippen molar-refractivity contribution in [2.45, 2.75) is 31.7 Å². The van der Waals surface area contributed by atoms with Gasteiger partial charge in [-0.1, -0.05) is 0 Å². The van der Waals surface area contributed by atoms with Crippen LogP contribution in [-0.2, 0) is 5.54 Å². The largest absolute Gasteiger partial charge is 0.506 e. The van der Waals surface area contributed by atoms with Gasteiger partial charge in [-0.15, -0.1) is 0 Å². The zero-order chi connectivity index (χ0) is 11.2. The van der Waals surface area contributed by atoms with Crippen LogP contribution in [0.4, 0.5) is 4.39 Å². The summed E-state index contributed by atoms with van der Waals surface area (Å²) in [5.74, 6) is -0.248. The maximum Gasteiger partial charge on any atom is 0.135 e. The number of phenols is 1. The van der Waals surface area contributed by atoms with E-state index in [1.165, 1.54) is 6.07 Å². The van der Waals surface area contributed by atoms with E-state index in [0.29, 0.717) is 15.6 Å². The Morgan fingerprint density at radius 3 is 2.60 bits per heavy atom. The first-order valence-corrected chi connectivity index (χ1v) is 5.72. The molecule has 1 aromatic carbocycles. The van der Waals surface area contributed by atoms with Gasteiger partial charge in [0.15, 0.2) is 0 Å². The number of benzene rings is 1. The number of hydrogen-bond donors (Lipinski definition) is 2. The molecule has 0 atom stereocenters. The summed E-state index contributed by atoms with van der Waals surface area (Å²) in [5, 5.41) is 9.91. The SMILES string of the molecule is Cc1c(F)cc(Br)c(O)c1C1(N)CCC1. The number of hydrogen-bond acceptors (Lipinski definition) is 2. The van der Waals surface area contributed by atoms with Crippen molar-refractivity contribution in [2.24, 2.45) is 5.73 Å². The maximum atomic E-state index is 13.5. The predicted molar refractivity (Wildman–Crippen MR) is 60.2 cm³/mol. The molecule has 1 aliphatic rings. The Morgan fingerprint density at radius 1 is 1.53 bits per heavy atom. The van der Waals surface area contributed by atoms with E-state index in [-0.39, 0.29) is 11.6 Å². The zero-order valence-corrected chi connectivity index (χ0v) is 10.1. The summed E-state index contributed by atoms with van der Waals surface area (Å²) < 4.78 is 13.9. The Balaban J connectivity index is 2.63. The zero-order valence-electron chi connectivity index (χ0n) is 8.48. The normalized spacial score (nSPS) is 18.7. The van der Waals surface area contributed by atoms with Crippen molar-refractivity contribution in [1.82, 2.24) is 0 Å². The Hall–Kier alpha value is -0.610. The molecule has 1 fully saturated rings. The molecule has 0 aliphatic heterocycles. The Bertz CT molecular complexity index is 389. The smallest absolute Gasteiger partial charge is 0.135 e. The molecule has 0 saturated heterocycles. The molecule has 15 heavy (non-hydrogen) atoms. The molecule has 2 nitrogen and oxygen atoms in total. The number of nitrogens with two attached hydrogens (primary N) is 1. The van der Waals surface area contributed by atoms with Gasteiger partial charge < -0.3 is 10.8 Å². The van der Waals surface area contributed by atoms with Gasteiger partial charge in [-0.3, -0.25) is 0 Å². The molecule has 1 aromatic rings.